The average molecular weight is 292 g/mol. The summed E-state index contributed by atoms with van der Waals surface area (Å²) in [4.78, 5) is 0. The van der Waals surface area contributed by atoms with E-state index >= 15 is 0 Å². The highest BCUT2D eigenvalue weighted by atomic mass is 19.1. The number of halogens is 2. The van der Waals surface area contributed by atoms with Gasteiger partial charge in [-0.2, -0.15) is 0 Å². The zero-order valence-electron chi connectivity index (χ0n) is 12.1. The Hall–Kier alpha value is -1.94. The Kier molecular flexibility index (Phi) is 4.91. The number of hydrogen-bond acceptors (Lipinski definition) is 2. The van der Waals surface area contributed by atoms with E-state index in [4.69, 9.17) is 4.74 Å². The molecule has 112 valence electrons. The number of aliphatic hydroxyl groups is 1. The Morgan fingerprint density at radius 2 is 1.76 bits per heavy atom. The summed E-state index contributed by atoms with van der Waals surface area (Å²) in [6, 6.07) is 8.93. The molecule has 1 N–H and O–H groups in total. The van der Waals surface area contributed by atoms with Crippen molar-refractivity contribution >= 4 is 0 Å². The molecule has 2 nitrogen and oxygen atoms in total. The molecule has 0 aliphatic rings. The Morgan fingerprint density at radius 1 is 1.10 bits per heavy atom. The first-order chi connectivity index (χ1) is 10.0. The summed E-state index contributed by atoms with van der Waals surface area (Å²) >= 11 is 0. The summed E-state index contributed by atoms with van der Waals surface area (Å²) in [5, 5.41) is 10.3. The zero-order chi connectivity index (χ0) is 15.4. The maximum atomic E-state index is 13.8. The minimum Gasteiger partial charge on any atom is -0.494 e. The first kappa shape index (κ1) is 15.4. The fourth-order valence-corrected chi connectivity index (χ4v) is 2.03. The fourth-order valence-electron chi connectivity index (χ4n) is 2.03. The molecule has 2 aromatic rings. The van der Waals surface area contributed by atoms with Gasteiger partial charge in [0.1, 0.15) is 23.5 Å². The van der Waals surface area contributed by atoms with Crippen LogP contribution in [0, 0.1) is 18.6 Å². The summed E-state index contributed by atoms with van der Waals surface area (Å²) in [6.07, 6.45) is -0.228. The monoisotopic (exact) mass is 292 g/mol. The van der Waals surface area contributed by atoms with Gasteiger partial charge >= 0.3 is 0 Å². The SMILES string of the molecule is CCCOc1ccc(C(O)c2cc(C)c(F)cc2F)cc1. The van der Waals surface area contributed by atoms with Crippen molar-refractivity contribution < 1.29 is 18.6 Å². The molecular weight excluding hydrogens is 274 g/mol. The summed E-state index contributed by atoms with van der Waals surface area (Å²) in [6.45, 7) is 4.16. The van der Waals surface area contributed by atoms with Gasteiger partial charge < -0.3 is 9.84 Å². The smallest absolute Gasteiger partial charge is 0.132 e. The summed E-state index contributed by atoms with van der Waals surface area (Å²) in [7, 11) is 0. The van der Waals surface area contributed by atoms with Crippen LogP contribution >= 0.6 is 0 Å². The van der Waals surface area contributed by atoms with E-state index in [9.17, 15) is 13.9 Å². The molecule has 1 atom stereocenters. The third kappa shape index (κ3) is 3.58. The number of aliphatic hydroxyl groups excluding tert-OH is 1. The maximum absolute atomic E-state index is 13.8. The first-order valence-corrected chi connectivity index (χ1v) is 6.89. The number of hydrogen-bond donors (Lipinski definition) is 1. The van der Waals surface area contributed by atoms with Crippen LogP contribution in [0.3, 0.4) is 0 Å². The number of benzene rings is 2. The van der Waals surface area contributed by atoms with E-state index in [0.29, 0.717) is 23.5 Å². The molecule has 4 heteroatoms. The lowest BCUT2D eigenvalue weighted by atomic mass is 9.99. The maximum Gasteiger partial charge on any atom is 0.132 e. The third-order valence-corrected chi connectivity index (χ3v) is 3.24. The van der Waals surface area contributed by atoms with Crippen LogP contribution in [0.1, 0.15) is 36.1 Å². The molecule has 0 aliphatic carbocycles. The van der Waals surface area contributed by atoms with Crippen LogP contribution in [-0.4, -0.2) is 11.7 Å². The summed E-state index contributed by atoms with van der Waals surface area (Å²) in [5.74, 6) is -0.674. The van der Waals surface area contributed by atoms with Gasteiger partial charge in [0.25, 0.3) is 0 Å². The van der Waals surface area contributed by atoms with Gasteiger partial charge in [0, 0.05) is 11.6 Å². The molecule has 0 aliphatic heterocycles. The molecule has 1 unspecified atom stereocenters. The standard InChI is InChI=1S/C17H18F2O2/c1-3-8-21-13-6-4-12(5-7-13)17(20)14-9-11(2)15(18)10-16(14)19/h4-7,9-10,17,20H,3,8H2,1-2H3. The van der Waals surface area contributed by atoms with E-state index in [1.54, 1.807) is 24.3 Å². The Labute approximate surface area is 123 Å². The average Bonchev–Trinajstić information content (AvgIpc) is 2.48. The topological polar surface area (TPSA) is 29.5 Å². The van der Waals surface area contributed by atoms with Crippen molar-refractivity contribution in [3.63, 3.8) is 0 Å². The predicted molar refractivity (Wildman–Crippen MR) is 77.4 cm³/mol. The molecule has 0 bridgehead atoms. The minimum atomic E-state index is -1.13. The number of aryl methyl sites for hydroxylation is 1. The Balaban J connectivity index is 2.23. The van der Waals surface area contributed by atoms with Crippen LogP contribution in [-0.2, 0) is 0 Å². The largest absolute Gasteiger partial charge is 0.494 e. The van der Waals surface area contributed by atoms with Gasteiger partial charge in [0.05, 0.1) is 6.61 Å². The van der Waals surface area contributed by atoms with Crippen LogP contribution < -0.4 is 4.74 Å². The first-order valence-electron chi connectivity index (χ1n) is 6.89. The van der Waals surface area contributed by atoms with E-state index in [1.165, 1.54) is 13.0 Å². The molecule has 0 fully saturated rings. The third-order valence-electron chi connectivity index (χ3n) is 3.24. The zero-order valence-corrected chi connectivity index (χ0v) is 12.1. The van der Waals surface area contributed by atoms with E-state index in [-0.39, 0.29) is 5.56 Å². The molecule has 0 aromatic heterocycles. The van der Waals surface area contributed by atoms with Crippen molar-refractivity contribution in [1.29, 1.82) is 0 Å². The van der Waals surface area contributed by atoms with Crippen LogP contribution in [0.2, 0.25) is 0 Å². The van der Waals surface area contributed by atoms with Crippen LogP contribution in [0.5, 0.6) is 5.75 Å². The van der Waals surface area contributed by atoms with Crippen molar-refractivity contribution in [2.75, 3.05) is 6.61 Å². The second-order valence-corrected chi connectivity index (χ2v) is 4.94. The molecule has 2 rings (SSSR count). The van der Waals surface area contributed by atoms with E-state index in [0.717, 1.165) is 12.5 Å². The summed E-state index contributed by atoms with van der Waals surface area (Å²) < 4.78 is 32.5. The molecule has 2 aromatic carbocycles. The lowest BCUT2D eigenvalue weighted by molar-refractivity contribution is 0.214. The van der Waals surface area contributed by atoms with E-state index in [2.05, 4.69) is 0 Å². The normalized spacial score (nSPS) is 12.2. The van der Waals surface area contributed by atoms with E-state index in [1.807, 2.05) is 6.92 Å². The minimum absolute atomic E-state index is 0.0659. The molecular formula is C17H18F2O2. The van der Waals surface area contributed by atoms with Crippen LogP contribution in [0.15, 0.2) is 36.4 Å². The van der Waals surface area contributed by atoms with Crippen LogP contribution in [0.4, 0.5) is 8.78 Å². The lowest BCUT2D eigenvalue weighted by Crippen LogP contribution is -2.04. The molecule has 0 amide bonds. The molecule has 0 saturated carbocycles. The highest BCUT2D eigenvalue weighted by molar-refractivity contribution is 5.36. The van der Waals surface area contributed by atoms with Crippen molar-refractivity contribution in [3.8, 4) is 5.75 Å². The molecule has 0 heterocycles. The van der Waals surface area contributed by atoms with Crippen molar-refractivity contribution in [1.82, 2.24) is 0 Å². The second-order valence-electron chi connectivity index (χ2n) is 4.94. The van der Waals surface area contributed by atoms with Crippen LogP contribution in [0.25, 0.3) is 0 Å². The van der Waals surface area contributed by atoms with Gasteiger partial charge in [-0.3, -0.25) is 0 Å². The molecule has 21 heavy (non-hydrogen) atoms. The van der Waals surface area contributed by atoms with Crippen molar-refractivity contribution in [2.45, 2.75) is 26.4 Å². The second kappa shape index (κ2) is 6.68. The number of ether oxygens (including phenoxy) is 1. The quantitative estimate of drug-likeness (QED) is 0.897. The Morgan fingerprint density at radius 3 is 2.38 bits per heavy atom. The van der Waals surface area contributed by atoms with Gasteiger partial charge in [-0.15, -0.1) is 0 Å². The molecule has 0 spiro atoms. The number of rotatable bonds is 5. The fraction of sp³-hybridized carbons (Fsp3) is 0.294. The van der Waals surface area contributed by atoms with Gasteiger partial charge in [-0.25, -0.2) is 8.78 Å². The van der Waals surface area contributed by atoms with Gasteiger partial charge in [-0.1, -0.05) is 19.1 Å². The lowest BCUT2D eigenvalue weighted by Gasteiger charge is -2.14. The van der Waals surface area contributed by atoms with Gasteiger partial charge in [0.2, 0.25) is 0 Å². The summed E-state index contributed by atoms with van der Waals surface area (Å²) in [5.41, 5.74) is 0.897. The Bertz CT molecular complexity index is 609. The molecule has 0 saturated heterocycles. The van der Waals surface area contributed by atoms with E-state index < -0.39 is 17.7 Å². The molecule has 0 radical (unpaired) electrons. The highest BCUT2D eigenvalue weighted by Crippen LogP contribution is 2.27. The van der Waals surface area contributed by atoms with Gasteiger partial charge in [0.15, 0.2) is 0 Å². The van der Waals surface area contributed by atoms with Crippen molar-refractivity contribution in [2.24, 2.45) is 0 Å². The van der Waals surface area contributed by atoms with Gasteiger partial charge in [-0.05, 0) is 42.7 Å². The van der Waals surface area contributed by atoms with Crippen molar-refractivity contribution in [3.05, 3.63) is 64.7 Å². The highest BCUT2D eigenvalue weighted by Gasteiger charge is 2.17. The predicted octanol–water partition coefficient (Wildman–Crippen LogP) is 4.14.